The standard InChI is InChI=1S/C23H24N4O5/c28-18-4-2-14-17(5-8-24-22(14)26-18)31-13-1-3-16-15(11-13)19-20(21(19)32-16)27-23(29)25-12-6-9-30-10-7-12/h1,3,5,8,11-12,19-21H,2,4,6-7,9-10H2,(H,24,26,28)(H2,25,27,29)/t19-,20?,21-/m0/s1. The number of nitrogens with one attached hydrogen (secondary N) is 3. The maximum absolute atomic E-state index is 12.4. The summed E-state index contributed by atoms with van der Waals surface area (Å²) in [6.45, 7) is 1.37. The maximum atomic E-state index is 12.4. The Labute approximate surface area is 184 Å². The van der Waals surface area contributed by atoms with Crippen LogP contribution >= 0.6 is 0 Å². The highest BCUT2D eigenvalue weighted by atomic mass is 16.5. The Morgan fingerprint density at radius 1 is 1.16 bits per heavy atom. The normalized spacial score (nSPS) is 25.5. The van der Waals surface area contributed by atoms with Crippen molar-refractivity contribution in [2.24, 2.45) is 0 Å². The van der Waals surface area contributed by atoms with Gasteiger partial charge >= 0.3 is 6.03 Å². The van der Waals surface area contributed by atoms with Gasteiger partial charge in [0.25, 0.3) is 0 Å². The van der Waals surface area contributed by atoms with E-state index in [-0.39, 0.29) is 36.0 Å². The molecular formula is C23H24N4O5. The molecule has 0 bridgehead atoms. The fourth-order valence-electron chi connectivity index (χ4n) is 4.78. The second-order valence-corrected chi connectivity index (χ2v) is 8.62. The van der Waals surface area contributed by atoms with Gasteiger partial charge in [-0.1, -0.05) is 0 Å². The number of amides is 3. The first-order chi connectivity index (χ1) is 15.7. The molecule has 3 aliphatic heterocycles. The van der Waals surface area contributed by atoms with Crippen LogP contribution in [-0.2, 0) is 16.0 Å². The Morgan fingerprint density at radius 3 is 2.91 bits per heavy atom. The van der Waals surface area contributed by atoms with Gasteiger partial charge in [0.1, 0.15) is 29.2 Å². The van der Waals surface area contributed by atoms with E-state index in [1.165, 1.54) is 0 Å². The molecule has 2 aromatic rings. The summed E-state index contributed by atoms with van der Waals surface area (Å²) in [6, 6.07) is 7.54. The summed E-state index contributed by atoms with van der Waals surface area (Å²) in [7, 11) is 0. The van der Waals surface area contributed by atoms with Crippen molar-refractivity contribution in [2.75, 3.05) is 18.5 Å². The van der Waals surface area contributed by atoms with Crippen molar-refractivity contribution in [3.8, 4) is 17.2 Å². The summed E-state index contributed by atoms with van der Waals surface area (Å²) in [5.74, 6) is 2.86. The van der Waals surface area contributed by atoms with Gasteiger partial charge in [-0.05, 0) is 43.5 Å². The predicted octanol–water partition coefficient (Wildman–Crippen LogP) is 2.46. The van der Waals surface area contributed by atoms with Gasteiger partial charge in [0.05, 0.1) is 12.0 Å². The Kier molecular flexibility index (Phi) is 4.64. The van der Waals surface area contributed by atoms with Crippen LogP contribution in [0, 0.1) is 0 Å². The van der Waals surface area contributed by atoms with Gasteiger partial charge in [0, 0.05) is 43.0 Å². The van der Waals surface area contributed by atoms with E-state index in [9.17, 15) is 9.59 Å². The van der Waals surface area contributed by atoms with Crippen LogP contribution in [0.2, 0.25) is 0 Å². The molecule has 2 fully saturated rings. The minimum atomic E-state index is -0.153. The Morgan fingerprint density at radius 2 is 2.03 bits per heavy atom. The molecule has 6 rings (SSSR count). The van der Waals surface area contributed by atoms with Crippen LogP contribution in [-0.4, -0.2) is 48.3 Å². The molecule has 0 spiro atoms. The van der Waals surface area contributed by atoms with E-state index in [4.69, 9.17) is 14.2 Å². The first kappa shape index (κ1) is 19.4. The number of hydrogen-bond donors (Lipinski definition) is 3. The van der Waals surface area contributed by atoms with Gasteiger partial charge in [-0.2, -0.15) is 0 Å². The zero-order valence-corrected chi connectivity index (χ0v) is 17.4. The Bertz CT molecular complexity index is 1080. The summed E-state index contributed by atoms with van der Waals surface area (Å²) in [4.78, 5) is 28.3. The number of pyridine rings is 1. The lowest BCUT2D eigenvalue weighted by Crippen LogP contribution is -2.46. The Balaban J connectivity index is 1.13. The molecule has 0 radical (unpaired) electrons. The second kappa shape index (κ2) is 7.67. The van der Waals surface area contributed by atoms with Crippen LogP contribution in [0.4, 0.5) is 10.6 Å². The minimum Gasteiger partial charge on any atom is -0.487 e. The summed E-state index contributed by atoms with van der Waals surface area (Å²) >= 11 is 0. The van der Waals surface area contributed by atoms with Crippen LogP contribution in [0.25, 0.3) is 0 Å². The number of nitrogens with zero attached hydrogens (tertiary/aromatic N) is 1. The van der Waals surface area contributed by atoms with Crippen molar-refractivity contribution in [3.05, 3.63) is 41.6 Å². The van der Waals surface area contributed by atoms with E-state index >= 15 is 0 Å². The summed E-state index contributed by atoms with van der Waals surface area (Å²) in [5.41, 5.74) is 1.94. The highest BCUT2D eigenvalue weighted by Gasteiger charge is 2.59. The number of benzene rings is 1. The number of ether oxygens (including phenoxy) is 3. The zero-order chi connectivity index (χ0) is 21.7. The third kappa shape index (κ3) is 3.52. The molecule has 32 heavy (non-hydrogen) atoms. The Hall–Kier alpha value is -3.33. The average molecular weight is 436 g/mol. The predicted molar refractivity (Wildman–Crippen MR) is 114 cm³/mol. The number of rotatable bonds is 4. The van der Waals surface area contributed by atoms with Gasteiger partial charge in [-0.15, -0.1) is 0 Å². The highest BCUT2D eigenvalue weighted by Crippen LogP contribution is 2.54. The SMILES string of the molecule is O=C1CCc2c(Oc3ccc4c(c3)[C@H]3C(NC(=O)NC5CCOCC5)[C@H]3O4)ccnc2N1. The molecule has 3 atom stereocenters. The number of hydrogen-bond acceptors (Lipinski definition) is 6. The first-order valence-corrected chi connectivity index (χ1v) is 11.1. The van der Waals surface area contributed by atoms with Crippen molar-refractivity contribution in [1.82, 2.24) is 15.6 Å². The third-order valence-electron chi connectivity index (χ3n) is 6.51. The summed E-state index contributed by atoms with van der Waals surface area (Å²) in [6.07, 6.45) is 4.28. The molecule has 9 nitrogen and oxygen atoms in total. The van der Waals surface area contributed by atoms with Gasteiger partial charge in [0.2, 0.25) is 5.91 Å². The molecule has 1 aliphatic carbocycles. The average Bonchev–Trinajstić information content (AvgIpc) is 3.30. The molecule has 9 heteroatoms. The topological polar surface area (TPSA) is 111 Å². The van der Waals surface area contributed by atoms with Gasteiger partial charge in [0.15, 0.2) is 0 Å². The summed E-state index contributed by atoms with van der Waals surface area (Å²) in [5, 5.41) is 8.88. The van der Waals surface area contributed by atoms with Crippen LogP contribution in [0.1, 0.15) is 36.3 Å². The molecule has 1 saturated heterocycles. The molecule has 3 amide bonds. The lowest BCUT2D eigenvalue weighted by atomic mass is 10.1. The quantitative estimate of drug-likeness (QED) is 0.679. The molecule has 1 aromatic heterocycles. The molecule has 1 saturated carbocycles. The maximum Gasteiger partial charge on any atom is 0.315 e. The number of aromatic nitrogens is 1. The van der Waals surface area contributed by atoms with Crippen LogP contribution in [0.5, 0.6) is 17.2 Å². The summed E-state index contributed by atoms with van der Waals surface area (Å²) < 4.78 is 17.5. The number of anilines is 1. The minimum absolute atomic E-state index is 0.0315. The van der Waals surface area contributed by atoms with E-state index in [2.05, 4.69) is 20.9 Å². The van der Waals surface area contributed by atoms with Gasteiger partial charge in [-0.25, -0.2) is 9.78 Å². The zero-order valence-electron chi connectivity index (χ0n) is 17.4. The van der Waals surface area contributed by atoms with E-state index in [0.29, 0.717) is 43.4 Å². The highest BCUT2D eigenvalue weighted by molar-refractivity contribution is 5.93. The smallest absolute Gasteiger partial charge is 0.315 e. The molecule has 1 unspecified atom stereocenters. The lowest BCUT2D eigenvalue weighted by molar-refractivity contribution is -0.116. The molecule has 4 aliphatic rings. The largest absolute Gasteiger partial charge is 0.487 e. The van der Waals surface area contributed by atoms with E-state index < -0.39 is 0 Å². The lowest BCUT2D eigenvalue weighted by Gasteiger charge is -2.23. The second-order valence-electron chi connectivity index (χ2n) is 8.62. The number of carbonyl (C=O) groups excluding carboxylic acids is 2. The molecule has 1 aromatic carbocycles. The van der Waals surface area contributed by atoms with Crippen molar-refractivity contribution in [1.29, 1.82) is 0 Å². The van der Waals surface area contributed by atoms with E-state index in [0.717, 1.165) is 29.7 Å². The molecular weight excluding hydrogens is 412 g/mol. The number of fused-ring (bicyclic) bond motifs is 4. The van der Waals surface area contributed by atoms with Crippen molar-refractivity contribution in [3.63, 3.8) is 0 Å². The fraction of sp³-hybridized carbons (Fsp3) is 0.435. The number of urea groups is 1. The fourth-order valence-corrected chi connectivity index (χ4v) is 4.78. The monoisotopic (exact) mass is 436 g/mol. The molecule has 3 N–H and O–H groups in total. The van der Waals surface area contributed by atoms with Crippen LogP contribution in [0.3, 0.4) is 0 Å². The molecule has 166 valence electrons. The van der Waals surface area contributed by atoms with E-state index in [1.54, 1.807) is 6.20 Å². The van der Waals surface area contributed by atoms with Crippen LogP contribution < -0.4 is 25.4 Å². The van der Waals surface area contributed by atoms with Gasteiger partial charge < -0.3 is 30.2 Å². The van der Waals surface area contributed by atoms with Crippen molar-refractivity contribution < 1.29 is 23.8 Å². The number of carbonyl (C=O) groups is 2. The van der Waals surface area contributed by atoms with Crippen LogP contribution in [0.15, 0.2) is 30.5 Å². The molecule has 4 heterocycles. The van der Waals surface area contributed by atoms with Gasteiger partial charge in [-0.3, -0.25) is 4.79 Å². The van der Waals surface area contributed by atoms with Crippen molar-refractivity contribution >= 4 is 17.8 Å². The van der Waals surface area contributed by atoms with Crippen molar-refractivity contribution in [2.45, 2.75) is 49.8 Å². The third-order valence-corrected chi connectivity index (χ3v) is 6.51. The first-order valence-electron chi connectivity index (χ1n) is 11.1. The van der Waals surface area contributed by atoms with E-state index in [1.807, 2.05) is 24.3 Å².